The second-order valence-corrected chi connectivity index (χ2v) is 4.41. The van der Waals surface area contributed by atoms with Gasteiger partial charge in [-0.1, -0.05) is 11.2 Å². The minimum atomic E-state index is 0.399. The van der Waals surface area contributed by atoms with Crippen molar-refractivity contribution in [2.45, 2.75) is 25.4 Å². The van der Waals surface area contributed by atoms with Crippen molar-refractivity contribution in [2.24, 2.45) is 0 Å². The predicted octanol–water partition coefficient (Wildman–Crippen LogP) is 2.03. The van der Waals surface area contributed by atoms with Crippen LogP contribution in [0.15, 0.2) is 35.0 Å². The molecule has 88 valence electrons. The van der Waals surface area contributed by atoms with Gasteiger partial charge in [0.15, 0.2) is 0 Å². The average Bonchev–Trinajstić information content (AvgIpc) is 2.94. The van der Waals surface area contributed by atoms with E-state index in [1.165, 1.54) is 11.1 Å². The molecule has 0 bridgehead atoms. The van der Waals surface area contributed by atoms with Crippen LogP contribution in [0.5, 0.6) is 0 Å². The molecular formula is C13H15N3O. The molecule has 4 nitrogen and oxygen atoms in total. The Morgan fingerprint density at radius 3 is 3.18 bits per heavy atom. The van der Waals surface area contributed by atoms with E-state index in [1.54, 1.807) is 6.20 Å². The topological polar surface area (TPSA) is 64.1 Å². The first-order valence-corrected chi connectivity index (χ1v) is 5.84. The maximum Gasteiger partial charge on any atom is 0.150 e. The van der Waals surface area contributed by atoms with Crippen LogP contribution in [0.3, 0.4) is 0 Å². The molecule has 3 N–H and O–H groups in total. The van der Waals surface area contributed by atoms with E-state index in [0.717, 1.165) is 24.3 Å². The first-order valence-electron chi connectivity index (χ1n) is 5.84. The number of nitrogen functional groups attached to an aromatic ring is 1. The van der Waals surface area contributed by atoms with E-state index in [1.807, 2.05) is 12.1 Å². The van der Waals surface area contributed by atoms with Crippen molar-refractivity contribution in [3.05, 3.63) is 47.3 Å². The minimum absolute atomic E-state index is 0.399. The number of fused-ring (bicyclic) bond motifs is 1. The molecule has 2 aromatic rings. The van der Waals surface area contributed by atoms with Crippen molar-refractivity contribution in [3.63, 3.8) is 0 Å². The third-order valence-electron chi connectivity index (χ3n) is 3.26. The lowest BCUT2D eigenvalue weighted by molar-refractivity contribution is 0.363. The monoisotopic (exact) mass is 229 g/mol. The number of aromatic nitrogens is 1. The van der Waals surface area contributed by atoms with Crippen LogP contribution in [0.1, 0.15) is 29.3 Å². The highest BCUT2D eigenvalue weighted by molar-refractivity contribution is 5.47. The summed E-state index contributed by atoms with van der Waals surface area (Å²) in [5.74, 6) is 0.869. The van der Waals surface area contributed by atoms with Gasteiger partial charge in [-0.05, 0) is 36.1 Å². The molecule has 0 aliphatic heterocycles. The second kappa shape index (κ2) is 4.22. The number of hydrogen-bond donors (Lipinski definition) is 2. The van der Waals surface area contributed by atoms with Crippen LogP contribution in [0.2, 0.25) is 0 Å². The molecule has 1 aromatic carbocycles. The van der Waals surface area contributed by atoms with E-state index in [4.69, 9.17) is 10.3 Å². The smallest absolute Gasteiger partial charge is 0.150 e. The first-order chi connectivity index (χ1) is 8.33. The standard InChI is InChI=1S/C13H15N3O/c14-10-2-3-12-9(7-10)1-4-13(12)15-8-11-5-6-16-17-11/h2-3,5-7,13,15H,1,4,8,14H2. The summed E-state index contributed by atoms with van der Waals surface area (Å²) in [4.78, 5) is 0. The quantitative estimate of drug-likeness (QED) is 0.790. The van der Waals surface area contributed by atoms with Gasteiger partial charge in [0.05, 0.1) is 12.7 Å². The Balaban J connectivity index is 1.71. The third kappa shape index (κ3) is 2.03. The summed E-state index contributed by atoms with van der Waals surface area (Å²) in [6, 6.07) is 8.44. The number of aryl methyl sites for hydroxylation is 1. The highest BCUT2D eigenvalue weighted by Gasteiger charge is 2.22. The molecule has 1 unspecified atom stereocenters. The van der Waals surface area contributed by atoms with E-state index in [-0.39, 0.29) is 0 Å². The summed E-state index contributed by atoms with van der Waals surface area (Å²) in [5, 5.41) is 7.18. The van der Waals surface area contributed by atoms with Crippen LogP contribution >= 0.6 is 0 Å². The third-order valence-corrected chi connectivity index (χ3v) is 3.26. The molecule has 0 radical (unpaired) electrons. The minimum Gasteiger partial charge on any atom is -0.399 e. The fourth-order valence-corrected chi connectivity index (χ4v) is 2.41. The van der Waals surface area contributed by atoms with Crippen LogP contribution in [0.25, 0.3) is 0 Å². The molecule has 1 aliphatic rings. The Morgan fingerprint density at radius 2 is 2.35 bits per heavy atom. The predicted molar refractivity (Wildman–Crippen MR) is 65.3 cm³/mol. The van der Waals surface area contributed by atoms with Crippen molar-refractivity contribution in [3.8, 4) is 0 Å². The lowest BCUT2D eigenvalue weighted by Gasteiger charge is -2.12. The van der Waals surface area contributed by atoms with Crippen molar-refractivity contribution >= 4 is 5.69 Å². The van der Waals surface area contributed by atoms with Crippen molar-refractivity contribution < 1.29 is 4.52 Å². The number of rotatable bonds is 3. The normalized spacial score (nSPS) is 18.2. The van der Waals surface area contributed by atoms with Gasteiger partial charge in [-0.25, -0.2) is 0 Å². The summed E-state index contributed by atoms with van der Waals surface area (Å²) in [7, 11) is 0. The maximum absolute atomic E-state index is 5.78. The zero-order valence-corrected chi connectivity index (χ0v) is 9.52. The molecule has 1 aliphatic carbocycles. The van der Waals surface area contributed by atoms with E-state index < -0.39 is 0 Å². The summed E-state index contributed by atoms with van der Waals surface area (Å²) in [6.07, 6.45) is 3.88. The number of nitrogens with zero attached hydrogens (tertiary/aromatic N) is 1. The van der Waals surface area contributed by atoms with Gasteiger partial charge >= 0.3 is 0 Å². The van der Waals surface area contributed by atoms with E-state index in [9.17, 15) is 0 Å². The molecule has 1 heterocycles. The number of anilines is 1. The van der Waals surface area contributed by atoms with Crippen LogP contribution in [-0.2, 0) is 13.0 Å². The molecule has 1 aromatic heterocycles. The van der Waals surface area contributed by atoms with Gasteiger partial charge in [-0.15, -0.1) is 0 Å². The lowest BCUT2D eigenvalue weighted by Crippen LogP contribution is -2.18. The van der Waals surface area contributed by atoms with Crippen LogP contribution in [0, 0.1) is 0 Å². The SMILES string of the molecule is Nc1ccc2c(c1)CCC2NCc1ccno1. The van der Waals surface area contributed by atoms with Crippen molar-refractivity contribution in [1.82, 2.24) is 10.5 Å². The van der Waals surface area contributed by atoms with Gasteiger partial charge in [0, 0.05) is 17.8 Å². The van der Waals surface area contributed by atoms with E-state index >= 15 is 0 Å². The Hall–Kier alpha value is -1.81. The van der Waals surface area contributed by atoms with Crippen LogP contribution < -0.4 is 11.1 Å². The zero-order valence-electron chi connectivity index (χ0n) is 9.52. The number of hydrogen-bond acceptors (Lipinski definition) is 4. The van der Waals surface area contributed by atoms with Crippen LogP contribution in [0.4, 0.5) is 5.69 Å². The highest BCUT2D eigenvalue weighted by Crippen LogP contribution is 2.32. The lowest BCUT2D eigenvalue weighted by atomic mass is 10.1. The highest BCUT2D eigenvalue weighted by atomic mass is 16.5. The van der Waals surface area contributed by atoms with Gasteiger partial charge in [-0.3, -0.25) is 0 Å². The maximum atomic E-state index is 5.78. The number of nitrogens with one attached hydrogen (secondary N) is 1. The summed E-state index contributed by atoms with van der Waals surface area (Å²) in [5.41, 5.74) is 9.35. The molecular weight excluding hydrogens is 214 g/mol. The van der Waals surface area contributed by atoms with Crippen molar-refractivity contribution in [1.29, 1.82) is 0 Å². The molecule has 0 spiro atoms. The first kappa shape index (κ1) is 10.4. The Bertz CT molecular complexity index is 507. The molecule has 0 amide bonds. The molecule has 0 saturated carbocycles. The fraction of sp³-hybridized carbons (Fsp3) is 0.308. The van der Waals surface area contributed by atoms with E-state index in [2.05, 4.69) is 22.6 Å². The van der Waals surface area contributed by atoms with Gasteiger partial charge in [-0.2, -0.15) is 0 Å². The molecule has 0 fully saturated rings. The number of benzene rings is 1. The summed E-state index contributed by atoms with van der Waals surface area (Å²) < 4.78 is 5.07. The summed E-state index contributed by atoms with van der Waals surface area (Å²) >= 11 is 0. The van der Waals surface area contributed by atoms with Gasteiger partial charge < -0.3 is 15.6 Å². The zero-order chi connectivity index (χ0) is 11.7. The number of nitrogens with two attached hydrogens (primary N) is 1. The Kier molecular flexibility index (Phi) is 2.57. The molecule has 17 heavy (non-hydrogen) atoms. The Labute approximate surface area is 99.8 Å². The Morgan fingerprint density at radius 1 is 1.41 bits per heavy atom. The molecule has 4 heteroatoms. The molecule has 3 rings (SSSR count). The van der Waals surface area contributed by atoms with E-state index in [0.29, 0.717) is 12.6 Å². The summed E-state index contributed by atoms with van der Waals surface area (Å²) in [6.45, 7) is 0.717. The fourth-order valence-electron chi connectivity index (χ4n) is 2.41. The average molecular weight is 229 g/mol. The van der Waals surface area contributed by atoms with Gasteiger partial charge in [0.25, 0.3) is 0 Å². The molecule has 1 atom stereocenters. The van der Waals surface area contributed by atoms with Crippen LogP contribution in [-0.4, -0.2) is 5.16 Å². The van der Waals surface area contributed by atoms with Gasteiger partial charge in [0.2, 0.25) is 0 Å². The van der Waals surface area contributed by atoms with Crippen molar-refractivity contribution in [2.75, 3.05) is 5.73 Å². The largest absolute Gasteiger partial charge is 0.399 e. The molecule has 0 saturated heterocycles. The second-order valence-electron chi connectivity index (χ2n) is 4.41. The van der Waals surface area contributed by atoms with Gasteiger partial charge in [0.1, 0.15) is 5.76 Å².